The molecule has 0 fully saturated rings. The van der Waals surface area contributed by atoms with Gasteiger partial charge in [-0.2, -0.15) is 4.98 Å². The number of ether oxygens (including phenoxy) is 1. The minimum Gasteiger partial charge on any atom is -0.423 e. The van der Waals surface area contributed by atoms with E-state index < -0.39 is 0 Å². The summed E-state index contributed by atoms with van der Waals surface area (Å²) in [5, 5.41) is 17.2. The summed E-state index contributed by atoms with van der Waals surface area (Å²) >= 11 is 0. The van der Waals surface area contributed by atoms with Gasteiger partial charge in [-0.05, 0) is 30.5 Å². The molecule has 1 N–H and O–H groups in total. The standard InChI is InChI=1S/C14H17N3O2/c1-3-12-13(4-2)16-17-14(15-12)19-11-7-5-6-10(8-11)9-18/h5-8,18H,3-4,9H2,1-2H3. The smallest absolute Gasteiger partial charge is 0.341 e. The van der Waals surface area contributed by atoms with Gasteiger partial charge in [0.2, 0.25) is 0 Å². The van der Waals surface area contributed by atoms with Crippen LogP contribution >= 0.6 is 0 Å². The number of hydrogen-bond acceptors (Lipinski definition) is 5. The van der Waals surface area contributed by atoms with Crippen molar-refractivity contribution in [2.24, 2.45) is 0 Å². The van der Waals surface area contributed by atoms with Gasteiger partial charge in [0, 0.05) is 0 Å². The Balaban J connectivity index is 2.22. The molecule has 1 heterocycles. The van der Waals surface area contributed by atoms with Crippen LogP contribution in [-0.4, -0.2) is 20.3 Å². The SMILES string of the molecule is CCc1nnc(Oc2cccc(CO)c2)nc1CC. The lowest BCUT2D eigenvalue weighted by Crippen LogP contribution is -2.04. The lowest BCUT2D eigenvalue weighted by atomic mass is 10.2. The first-order valence-electron chi connectivity index (χ1n) is 6.37. The molecule has 0 bridgehead atoms. The molecule has 100 valence electrons. The van der Waals surface area contributed by atoms with E-state index in [1.807, 2.05) is 26.0 Å². The molecular formula is C14H17N3O2. The number of aryl methyl sites for hydroxylation is 2. The van der Waals surface area contributed by atoms with Crippen molar-refractivity contribution in [2.45, 2.75) is 33.3 Å². The summed E-state index contributed by atoms with van der Waals surface area (Å²) in [7, 11) is 0. The Hall–Kier alpha value is -2.01. The van der Waals surface area contributed by atoms with E-state index in [0.717, 1.165) is 29.8 Å². The molecule has 0 unspecified atom stereocenters. The minimum atomic E-state index is -0.0225. The van der Waals surface area contributed by atoms with Crippen molar-refractivity contribution in [2.75, 3.05) is 0 Å². The van der Waals surface area contributed by atoms with Gasteiger partial charge in [0.15, 0.2) is 0 Å². The number of hydrogen-bond donors (Lipinski definition) is 1. The Morgan fingerprint density at radius 3 is 2.58 bits per heavy atom. The maximum atomic E-state index is 9.08. The molecule has 5 nitrogen and oxygen atoms in total. The summed E-state index contributed by atoms with van der Waals surface area (Å²) in [5.74, 6) is 0.597. The molecule has 0 aliphatic heterocycles. The van der Waals surface area contributed by atoms with Gasteiger partial charge < -0.3 is 9.84 Å². The number of aromatic nitrogens is 3. The first-order valence-corrected chi connectivity index (χ1v) is 6.37. The Morgan fingerprint density at radius 1 is 1.11 bits per heavy atom. The number of aliphatic hydroxyl groups is 1. The molecule has 0 amide bonds. The van der Waals surface area contributed by atoms with Crippen LogP contribution in [0.15, 0.2) is 24.3 Å². The fourth-order valence-electron chi connectivity index (χ4n) is 1.78. The summed E-state index contributed by atoms with van der Waals surface area (Å²) in [6, 6.07) is 7.42. The zero-order valence-electron chi connectivity index (χ0n) is 11.1. The largest absolute Gasteiger partial charge is 0.423 e. The molecule has 1 aromatic heterocycles. The van der Waals surface area contributed by atoms with Crippen molar-refractivity contribution < 1.29 is 9.84 Å². The highest BCUT2D eigenvalue weighted by Crippen LogP contribution is 2.19. The van der Waals surface area contributed by atoms with Gasteiger partial charge in [-0.1, -0.05) is 31.1 Å². The highest BCUT2D eigenvalue weighted by Gasteiger charge is 2.08. The van der Waals surface area contributed by atoms with Crippen LogP contribution in [0.25, 0.3) is 0 Å². The van der Waals surface area contributed by atoms with E-state index in [-0.39, 0.29) is 12.6 Å². The van der Waals surface area contributed by atoms with E-state index in [1.165, 1.54) is 0 Å². The fourth-order valence-corrected chi connectivity index (χ4v) is 1.78. The Labute approximate surface area is 112 Å². The summed E-state index contributed by atoms with van der Waals surface area (Å²) in [6.07, 6.45) is 1.61. The third kappa shape index (κ3) is 3.26. The molecule has 2 rings (SSSR count). The maximum absolute atomic E-state index is 9.08. The van der Waals surface area contributed by atoms with Gasteiger partial charge in [0.05, 0.1) is 18.0 Å². The number of rotatable bonds is 5. The quantitative estimate of drug-likeness (QED) is 0.892. The molecule has 0 radical (unpaired) electrons. The Morgan fingerprint density at radius 2 is 1.89 bits per heavy atom. The van der Waals surface area contributed by atoms with Crippen molar-refractivity contribution in [3.63, 3.8) is 0 Å². The monoisotopic (exact) mass is 259 g/mol. The predicted molar refractivity (Wildman–Crippen MR) is 71.0 cm³/mol. The average molecular weight is 259 g/mol. The second kappa shape index (κ2) is 6.24. The van der Waals surface area contributed by atoms with E-state index in [9.17, 15) is 0 Å². The molecule has 0 aliphatic carbocycles. The molecule has 0 saturated heterocycles. The molecule has 0 atom stereocenters. The fraction of sp³-hybridized carbons (Fsp3) is 0.357. The molecule has 5 heteroatoms. The lowest BCUT2D eigenvalue weighted by Gasteiger charge is -2.07. The van der Waals surface area contributed by atoms with Gasteiger partial charge in [-0.3, -0.25) is 0 Å². The molecule has 0 saturated carbocycles. The van der Waals surface area contributed by atoms with Crippen LogP contribution in [0, 0.1) is 0 Å². The van der Waals surface area contributed by atoms with Crippen LogP contribution in [0.2, 0.25) is 0 Å². The van der Waals surface area contributed by atoms with Gasteiger partial charge in [-0.25, -0.2) is 0 Å². The summed E-state index contributed by atoms with van der Waals surface area (Å²) < 4.78 is 5.57. The first kappa shape index (κ1) is 13.4. The van der Waals surface area contributed by atoms with E-state index >= 15 is 0 Å². The maximum Gasteiger partial charge on any atom is 0.341 e. The van der Waals surface area contributed by atoms with E-state index in [4.69, 9.17) is 9.84 Å². The molecule has 19 heavy (non-hydrogen) atoms. The van der Waals surface area contributed by atoms with Crippen molar-refractivity contribution in [1.29, 1.82) is 0 Å². The average Bonchev–Trinajstić information content (AvgIpc) is 2.47. The summed E-state index contributed by atoms with van der Waals surface area (Å²) in [4.78, 5) is 4.35. The molecule has 2 aromatic rings. The lowest BCUT2D eigenvalue weighted by molar-refractivity contribution is 0.281. The van der Waals surface area contributed by atoms with Crippen LogP contribution < -0.4 is 4.74 Å². The molecule has 0 aliphatic rings. The van der Waals surface area contributed by atoms with Crippen LogP contribution in [0.5, 0.6) is 11.8 Å². The van der Waals surface area contributed by atoms with Crippen molar-refractivity contribution in [3.8, 4) is 11.8 Å². The van der Waals surface area contributed by atoms with Crippen LogP contribution in [0.1, 0.15) is 30.8 Å². The highest BCUT2D eigenvalue weighted by atomic mass is 16.5. The van der Waals surface area contributed by atoms with E-state index in [0.29, 0.717) is 5.75 Å². The van der Waals surface area contributed by atoms with Gasteiger partial charge in [0.25, 0.3) is 0 Å². The third-order valence-corrected chi connectivity index (χ3v) is 2.78. The zero-order chi connectivity index (χ0) is 13.7. The van der Waals surface area contributed by atoms with Gasteiger partial charge >= 0.3 is 6.01 Å². The molecule has 1 aromatic carbocycles. The topological polar surface area (TPSA) is 68.1 Å². The second-order valence-electron chi connectivity index (χ2n) is 4.10. The Bertz CT molecular complexity index is 558. The zero-order valence-corrected chi connectivity index (χ0v) is 11.1. The van der Waals surface area contributed by atoms with Gasteiger partial charge in [-0.15, -0.1) is 5.10 Å². The third-order valence-electron chi connectivity index (χ3n) is 2.78. The minimum absolute atomic E-state index is 0.0225. The molecule has 0 spiro atoms. The van der Waals surface area contributed by atoms with Crippen LogP contribution in [0.4, 0.5) is 0 Å². The first-order chi connectivity index (χ1) is 9.26. The second-order valence-corrected chi connectivity index (χ2v) is 4.10. The predicted octanol–water partition coefficient (Wildman–Crippen LogP) is 2.28. The van der Waals surface area contributed by atoms with Crippen molar-refractivity contribution in [1.82, 2.24) is 15.2 Å². The molecular weight excluding hydrogens is 242 g/mol. The van der Waals surface area contributed by atoms with Gasteiger partial charge in [0.1, 0.15) is 5.75 Å². The number of benzene rings is 1. The number of nitrogens with zero attached hydrogens (tertiary/aromatic N) is 3. The highest BCUT2D eigenvalue weighted by molar-refractivity contribution is 5.30. The summed E-state index contributed by atoms with van der Waals surface area (Å²) in [5.41, 5.74) is 2.59. The van der Waals surface area contributed by atoms with Crippen molar-refractivity contribution in [3.05, 3.63) is 41.2 Å². The van der Waals surface area contributed by atoms with Crippen LogP contribution in [-0.2, 0) is 19.4 Å². The van der Waals surface area contributed by atoms with Crippen LogP contribution in [0.3, 0.4) is 0 Å². The normalized spacial score (nSPS) is 10.5. The number of aliphatic hydroxyl groups excluding tert-OH is 1. The van der Waals surface area contributed by atoms with E-state index in [1.54, 1.807) is 12.1 Å². The summed E-state index contributed by atoms with van der Waals surface area (Å²) in [6.45, 7) is 4.03. The Kier molecular flexibility index (Phi) is 4.41. The van der Waals surface area contributed by atoms with E-state index in [2.05, 4.69) is 15.2 Å². The van der Waals surface area contributed by atoms with Crippen molar-refractivity contribution >= 4 is 0 Å².